The van der Waals surface area contributed by atoms with Crippen molar-refractivity contribution in [2.75, 3.05) is 13.7 Å². The second kappa shape index (κ2) is 13.9. The number of allylic oxidation sites excluding steroid dienone is 4. The largest absolute Gasteiger partial charge is 0.573 e. The maximum atomic E-state index is 13.7. The van der Waals surface area contributed by atoms with Gasteiger partial charge in [-0.15, -0.1) is 13.2 Å². The number of methoxy groups -OCH3 is 1. The van der Waals surface area contributed by atoms with Gasteiger partial charge in [0.05, 0.1) is 31.1 Å². The molecule has 1 aromatic heterocycles. The van der Waals surface area contributed by atoms with Crippen molar-refractivity contribution in [3.63, 3.8) is 0 Å². The number of ketones is 1. The molecule has 0 saturated carbocycles. The Morgan fingerprint density at radius 2 is 1.74 bits per heavy atom. The molecule has 1 heterocycles. The molecule has 0 aliphatic rings. The number of alkyl halides is 3. The molecule has 0 spiro atoms. The quantitative estimate of drug-likeness (QED) is 0.0889. The third-order valence-electron chi connectivity index (χ3n) is 6.21. The zero-order valence-corrected chi connectivity index (χ0v) is 24.2. The molecule has 0 aliphatic heterocycles. The van der Waals surface area contributed by atoms with E-state index in [-0.39, 0.29) is 23.8 Å². The maximum absolute atomic E-state index is 13.7. The van der Waals surface area contributed by atoms with E-state index in [1.807, 2.05) is 13.8 Å². The van der Waals surface area contributed by atoms with Crippen LogP contribution in [0.15, 0.2) is 73.5 Å². The molecule has 7 nitrogen and oxygen atoms in total. The monoisotopic (exact) mass is 585 g/mol. The number of carbonyl (C=O) groups excluding carboxylic acids is 2. The van der Waals surface area contributed by atoms with Gasteiger partial charge < -0.3 is 23.5 Å². The fourth-order valence-corrected chi connectivity index (χ4v) is 4.29. The molecule has 1 unspecified atom stereocenters. The number of ether oxygens (including phenoxy) is 4. The maximum Gasteiger partial charge on any atom is 0.573 e. The molecule has 3 aromatic rings. The Morgan fingerprint density at radius 3 is 2.31 bits per heavy atom. The fourth-order valence-electron chi connectivity index (χ4n) is 4.29. The Balaban J connectivity index is 2.11. The number of hydrogen-bond donors (Lipinski definition) is 0. The highest BCUT2D eigenvalue weighted by molar-refractivity contribution is 6.18. The van der Waals surface area contributed by atoms with Crippen molar-refractivity contribution >= 4 is 28.4 Å². The first kappa shape index (κ1) is 32.0. The third-order valence-corrected chi connectivity index (χ3v) is 6.21. The van der Waals surface area contributed by atoms with Crippen LogP contribution in [-0.4, -0.2) is 42.5 Å². The minimum atomic E-state index is -4.91. The minimum absolute atomic E-state index is 0.162. The number of carbonyl (C=O) groups is 2. The summed E-state index contributed by atoms with van der Waals surface area (Å²) in [6.07, 6.45) is 0.522. The molecular weight excluding hydrogens is 551 g/mol. The first-order chi connectivity index (χ1) is 19.9. The van der Waals surface area contributed by atoms with Gasteiger partial charge in [-0.3, -0.25) is 4.79 Å². The van der Waals surface area contributed by atoms with Gasteiger partial charge in [-0.25, -0.2) is 4.79 Å². The van der Waals surface area contributed by atoms with E-state index in [2.05, 4.69) is 11.3 Å². The van der Waals surface area contributed by atoms with E-state index in [0.29, 0.717) is 40.1 Å². The highest BCUT2D eigenvalue weighted by Crippen LogP contribution is 2.35. The summed E-state index contributed by atoms with van der Waals surface area (Å²) in [4.78, 5) is 26.1. The van der Waals surface area contributed by atoms with Gasteiger partial charge in [-0.05, 0) is 67.8 Å². The van der Waals surface area contributed by atoms with E-state index in [9.17, 15) is 22.8 Å². The minimum Gasteiger partial charge on any atom is -0.497 e. The molecule has 1 atom stereocenters. The number of hydrogen-bond acceptors (Lipinski definition) is 6. The summed E-state index contributed by atoms with van der Waals surface area (Å²) in [5, 5.41) is 0.413. The number of aromatic nitrogens is 1. The second-order valence-corrected chi connectivity index (χ2v) is 9.77. The number of halogens is 3. The van der Waals surface area contributed by atoms with Crippen LogP contribution < -0.4 is 9.47 Å². The summed E-state index contributed by atoms with van der Waals surface area (Å²) in [6, 6.07) is 10.3. The van der Waals surface area contributed by atoms with Crippen LogP contribution in [0.1, 0.15) is 48.8 Å². The van der Waals surface area contributed by atoms with E-state index in [1.54, 1.807) is 48.8 Å². The lowest BCUT2D eigenvalue weighted by Crippen LogP contribution is -2.25. The molecule has 10 heteroatoms. The lowest BCUT2D eigenvalue weighted by Gasteiger charge is -2.15. The first-order valence-corrected chi connectivity index (χ1v) is 13.3. The predicted molar refractivity (Wildman–Crippen MR) is 154 cm³/mol. The summed E-state index contributed by atoms with van der Waals surface area (Å²) in [6.45, 7) is 11.3. The number of rotatable bonds is 13. The smallest absolute Gasteiger partial charge is 0.497 e. The van der Waals surface area contributed by atoms with Crippen LogP contribution >= 0.6 is 0 Å². The van der Waals surface area contributed by atoms with E-state index in [0.717, 1.165) is 6.07 Å². The average Bonchev–Trinajstić information content (AvgIpc) is 3.22. The summed E-state index contributed by atoms with van der Waals surface area (Å²) in [5.41, 5.74) is 1.81. The Kier molecular flexibility index (Phi) is 10.6. The number of nitrogens with zero attached hydrogens (tertiary/aromatic N) is 1. The fraction of sp³-hybridized carbons (Fsp3) is 0.312. The summed E-state index contributed by atoms with van der Waals surface area (Å²) in [5.74, 6) is -0.557. The van der Waals surface area contributed by atoms with E-state index in [1.165, 1.54) is 37.7 Å². The molecule has 42 heavy (non-hydrogen) atoms. The molecule has 0 N–H and O–H groups in total. The van der Waals surface area contributed by atoms with Gasteiger partial charge in [-0.1, -0.05) is 33.4 Å². The summed E-state index contributed by atoms with van der Waals surface area (Å²) < 4.78 is 61.1. The van der Waals surface area contributed by atoms with Gasteiger partial charge in [0, 0.05) is 28.4 Å². The first-order valence-electron chi connectivity index (χ1n) is 13.3. The van der Waals surface area contributed by atoms with Crippen molar-refractivity contribution in [1.29, 1.82) is 0 Å². The zero-order chi connectivity index (χ0) is 31.0. The predicted octanol–water partition coefficient (Wildman–Crippen LogP) is 7.62. The molecule has 3 rings (SSSR count). The highest BCUT2D eigenvalue weighted by atomic mass is 19.4. The molecule has 0 saturated heterocycles. The lowest BCUT2D eigenvalue weighted by atomic mass is 10.0. The van der Waals surface area contributed by atoms with Crippen LogP contribution in [0.4, 0.5) is 13.2 Å². The van der Waals surface area contributed by atoms with Crippen LogP contribution in [0.5, 0.6) is 11.5 Å². The van der Waals surface area contributed by atoms with E-state index in [4.69, 9.17) is 14.2 Å². The van der Waals surface area contributed by atoms with Crippen LogP contribution in [0.25, 0.3) is 16.6 Å². The molecule has 0 fully saturated rings. The number of fused-ring (bicyclic) bond motifs is 1. The molecule has 0 bridgehead atoms. The van der Waals surface area contributed by atoms with E-state index < -0.39 is 24.2 Å². The van der Waals surface area contributed by atoms with Crippen LogP contribution in [-0.2, 0) is 14.3 Å². The Bertz CT molecular complexity index is 1480. The van der Waals surface area contributed by atoms with Gasteiger partial charge in [-0.2, -0.15) is 0 Å². The topological polar surface area (TPSA) is 76.0 Å². The molecule has 224 valence electrons. The number of esters is 1. The van der Waals surface area contributed by atoms with Gasteiger partial charge >= 0.3 is 12.3 Å². The normalized spacial score (nSPS) is 12.9. The molecule has 0 radical (unpaired) electrons. The standard InChI is InChI=1S/C32H34F3NO6/c1-7-9-23(16-17-40-28(8-2)31(38)41-19-20(3)4)36-21(5)29(30(37)22-10-12-24(39-6)13-11-22)26-15-14-25(18-27(26)36)42-32(33,34)35/h7,9-18,20,28H,1,8,19H2,2-6H3/b17-16+,23-9+. The van der Waals surface area contributed by atoms with Crippen molar-refractivity contribution < 1.29 is 41.7 Å². The van der Waals surface area contributed by atoms with Gasteiger partial charge in [0.15, 0.2) is 11.9 Å². The summed E-state index contributed by atoms with van der Waals surface area (Å²) >= 11 is 0. The Hall–Kier alpha value is -4.47. The third kappa shape index (κ3) is 7.84. The zero-order valence-electron chi connectivity index (χ0n) is 24.2. The van der Waals surface area contributed by atoms with Crippen molar-refractivity contribution in [2.45, 2.75) is 46.6 Å². The van der Waals surface area contributed by atoms with Crippen molar-refractivity contribution in [1.82, 2.24) is 4.57 Å². The lowest BCUT2D eigenvalue weighted by molar-refractivity contribution is -0.274. The van der Waals surface area contributed by atoms with Crippen LogP contribution in [0.3, 0.4) is 0 Å². The van der Waals surface area contributed by atoms with Crippen LogP contribution in [0.2, 0.25) is 0 Å². The van der Waals surface area contributed by atoms with Gasteiger partial charge in [0.2, 0.25) is 0 Å². The summed E-state index contributed by atoms with van der Waals surface area (Å²) in [7, 11) is 1.51. The molecular formula is C32H34F3NO6. The molecule has 2 aromatic carbocycles. The highest BCUT2D eigenvalue weighted by Gasteiger charge is 2.32. The Morgan fingerprint density at radius 1 is 1.07 bits per heavy atom. The Labute approximate surface area is 242 Å². The molecule has 0 aliphatic carbocycles. The van der Waals surface area contributed by atoms with Gasteiger partial charge in [0.25, 0.3) is 0 Å². The molecule has 0 amide bonds. The van der Waals surface area contributed by atoms with E-state index >= 15 is 0 Å². The SMILES string of the molecule is C=C/C=C(\C=C\OC(CC)C(=O)OCC(C)C)n1c(C)c(C(=O)c2ccc(OC)cc2)c2ccc(OC(F)(F)F)cc21. The van der Waals surface area contributed by atoms with Crippen molar-refractivity contribution in [3.8, 4) is 11.5 Å². The van der Waals surface area contributed by atoms with Crippen molar-refractivity contribution in [3.05, 3.63) is 90.4 Å². The number of benzene rings is 2. The average molecular weight is 586 g/mol. The van der Waals surface area contributed by atoms with Gasteiger partial charge in [0.1, 0.15) is 11.5 Å². The van der Waals surface area contributed by atoms with Crippen LogP contribution in [0, 0.1) is 12.8 Å². The second-order valence-electron chi connectivity index (χ2n) is 9.77. The van der Waals surface area contributed by atoms with Crippen molar-refractivity contribution in [2.24, 2.45) is 5.92 Å².